The van der Waals surface area contributed by atoms with Crippen LogP contribution in [0.4, 0.5) is 4.39 Å². The first-order valence-corrected chi connectivity index (χ1v) is 10.0. The number of benzene rings is 2. The first kappa shape index (κ1) is 19.7. The van der Waals surface area contributed by atoms with Crippen molar-refractivity contribution < 1.29 is 14.3 Å². The number of rotatable bonds is 4. The second-order valence-electron chi connectivity index (χ2n) is 7.63. The normalized spacial score (nSPS) is 12.3. The highest BCUT2D eigenvalue weighted by atomic mass is 19.1. The molecule has 2 aromatic carbocycles. The molecule has 0 amide bonds. The number of carboxylic acids is 1. The second kappa shape index (κ2) is 7.49. The quantitative estimate of drug-likeness (QED) is 0.443. The lowest BCUT2D eigenvalue weighted by molar-refractivity contribution is 0.0692. The average Bonchev–Trinajstić information content (AvgIpc) is 3.21. The minimum Gasteiger partial charge on any atom is -0.478 e. The molecule has 0 aliphatic carbocycles. The van der Waals surface area contributed by atoms with Gasteiger partial charge in [-0.3, -0.25) is 4.98 Å². The Balaban J connectivity index is 1.59. The summed E-state index contributed by atoms with van der Waals surface area (Å²) in [6, 6.07) is 11.9. The third-order valence-corrected chi connectivity index (χ3v) is 5.64. The highest BCUT2D eigenvalue weighted by Gasteiger charge is 2.18. The minimum atomic E-state index is -1.32. The molecule has 0 spiro atoms. The molecule has 0 saturated heterocycles. The zero-order valence-corrected chi connectivity index (χ0v) is 17.3. The standard InChI is InChI=1S/C24H18FN5O2/c1-13-8-20-15(4-3-7-26-20)9-18(13)14(2)30-12-28-22-23(30)29-21(11-27-22)16-5-6-17(24(31)32)19(25)10-16/h3-12,14H,1-2H3,(H,31,32). The highest BCUT2D eigenvalue weighted by Crippen LogP contribution is 2.29. The maximum absolute atomic E-state index is 14.2. The summed E-state index contributed by atoms with van der Waals surface area (Å²) in [6.07, 6.45) is 4.98. The summed E-state index contributed by atoms with van der Waals surface area (Å²) in [6.45, 7) is 4.10. The van der Waals surface area contributed by atoms with E-state index in [1.165, 1.54) is 18.3 Å². The number of carbonyl (C=O) groups is 1. The van der Waals surface area contributed by atoms with Crippen LogP contribution in [-0.2, 0) is 0 Å². The Morgan fingerprint density at radius 2 is 1.97 bits per heavy atom. The van der Waals surface area contributed by atoms with Crippen LogP contribution in [0, 0.1) is 12.7 Å². The molecule has 1 N–H and O–H groups in total. The third kappa shape index (κ3) is 3.26. The molecule has 3 heterocycles. The van der Waals surface area contributed by atoms with E-state index >= 15 is 0 Å². The molecule has 8 heteroatoms. The van der Waals surface area contributed by atoms with E-state index in [-0.39, 0.29) is 11.6 Å². The van der Waals surface area contributed by atoms with Gasteiger partial charge in [-0.15, -0.1) is 0 Å². The summed E-state index contributed by atoms with van der Waals surface area (Å²) < 4.78 is 16.1. The van der Waals surface area contributed by atoms with Gasteiger partial charge in [-0.25, -0.2) is 24.1 Å². The third-order valence-electron chi connectivity index (χ3n) is 5.64. The lowest BCUT2D eigenvalue weighted by atomic mass is 9.99. The van der Waals surface area contributed by atoms with Crippen molar-refractivity contribution in [3.05, 3.63) is 83.7 Å². The summed E-state index contributed by atoms with van der Waals surface area (Å²) >= 11 is 0. The molecular formula is C24H18FN5O2. The van der Waals surface area contributed by atoms with Crippen LogP contribution in [0.15, 0.2) is 61.2 Å². The fourth-order valence-corrected chi connectivity index (χ4v) is 3.92. The summed E-state index contributed by atoms with van der Waals surface area (Å²) in [4.78, 5) is 28.9. The number of pyridine rings is 1. The van der Waals surface area contributed by atoms with E-state index in [1.54, 1.807) is 12.5 Å². The van der Waals surface area contributed by atoms with Crippen molar-refractivity contribution in [2.45, 2.75) is 19.9 Å². The average molecular weight is 427 g/mol. The van der Waals surface area contributed by atoms with E-state index in [9.17, 15) is 9.18 Å². The Morgan fingerprint density at radius 1 is 1.12 bits per heavy atom. The lowest BCUT2D eigenvalue weighted by Crippen LogP contribution is -2.08. The van der Waals surface area contributed by atoms with Gasteiger partial charge in [0.05, 0.1) is 35.3 Å². The molecule has 0 radical (unpaired) electrons. The lowest BCUT2D eigenvalue weighted by Gasteiger charge is -2.18. The van der Waals surface area contributed by atoms with Gasteiger partial charge in [0.15, 0.2) is 11.3 Å². The first-order chi connectivity index (χ1) is 15.4. The molecule has 5 aromatic rings. The molecule has 32 heavy (non-hydrogen) atoms. The molecule has 3 aromatic heterocycles. The number of aryl methyl sites for hydroxylation is 1. The van der Waals surface area contributed by atoms with Crippen molar-refractivity contribution in [3.63, 3.8) is 0 Å². The van der Waals surface area contributed by atoms with Gasteiger partial charge in [-0.2, -0.15) is 0 Å². The largest absolute Gasteiger partial charge is 0.478 e. The van der Waals surface area contributed by atoms with Crippen molar-refractivity contribution in [2.24, 2.45) is 0 Å². The summed E-state index contributed by atoms with van der Waals surface area (Å²) in [5.41, 5.74) is 4.66. The van der Waals surface area contributed by atoms with Gasteiger partial charge in [-0.1, -0.05) is 12.1 Å². The number of fused-ring (bicyclic) bond motifs is 2. The number of aromatic carboxylic acids is 1. The highest BCUT2D eigenvalue weighted by molar-refractivity contribution is 5.88. The van der Waals surface area contributed by atoms with Gasteiger partial charge in [0, 0.05) is 17.1 Å². The van der Waals surface area contributed by atoms with E-state index in [0.717, 1.165) is 28.1 Å². The number of nitrogens with zero attached hydrogens (tertiary/aromatic N) is 5. The minimum absolute atomic E-state index is 0.0831. The zero-order valence-electron chi connectivity index (χ0n) is 17.3. The first-order valence-electron chi connectivity index (χ1n) is 10.0. The molecule has 0 saturated carbocycles. The predicted molar refractivity (Wildman–Crippen MR) is 118 cm³/mol. The predicted octanol–water partition coefficient (Wildman–Crippen LogP) is 4.80. The SMILES string of the molecule is Cc1cc2ncccc2cc1C(C)n1cnc2ncc(-c3ccc(C(=O)O)c(F)c3)nc21. The number of imidazole rings is 1. The van der Waals surface area contributed by atoms with Crippen LogP contribution in [-0.4, -0.2) is 35.6 Å². The van der Waals surface area contributed by atoms with Crippen molar-refractivity contribution in [2.75, 3.05) is 0 Å². The van der Waals surface area contributed by atoms with E-state index in [4.69, 9.17) is 5.11 Å². The van der Waals surface area contributed by atoms with Gasteiger partial charge >= 0.3 is 5.97 Å². The fourth-order valence-electron chi connectivity index (χ4n) is 3.92. The van der Waals surface area contributed by atoms with Crippen LogP contribution < -0.4 is 0 Å². The molecule has 1 unspecified atom stereocenters. The number of halogens is 1. The van der Waals surface area contributed by atoms with E-state index in [2.05, 4.69) is 39.0 Å². The second-order valence-corrected chi connectivity index (χ2v) is 7.63. The summed E-state index contributed by atoms with van der Waals surface area (Å²) in [7, 11) is 0. The Morgan fingerprint density at radius 3 is 2.75 bits per heavy atom. The molecule has 1 atom stereocenters. The molecule has 5 rings (SSSR count). The van der Waals surface area contributed by atoms with Gasteiger partial charge in [0.25, 0.3) is 0 Å². The zero-order chi connectivity index (χ0) is 22.4. The molecule has 0 aliphatic heterocycles. The number of hydrogen-bond acceptors (Lipinski definition) is 5. The smallest absolute Gasteiger partial charge is 0.338 e. The van der Waals surface area contributed by atoms with E-state index in [1.807, 2.05) is 23.6 Å². The monoisotopic (exact) mass is 427 g/mol. The Bertz CT molecular complexity index is 1510. The van der Waals surface area contributed by atoms with Crippen molar-refractivity contribution >= 4 is 28.2 Å². The van der Waals surface area contributed by atoms with Crippen LogP contribution in [0.25, 0.3) is 33.5 Å². The number of carboxylic acid groups (broad SMARTS) is 1. The molecule has 158 valence electrons. The van der Waals surface area contributed by atoms with Crippen LogP contribution in [0.2, 0.25) is 0 Å². The van der Waals surface area contributed by atoms with E-state index in [0.29, 0.717) is 22.6 Å². The Kier molecular flexibility index (Phi) is 4.62. The Hall–Kier alpha value is -4.20. The maximum atomic E-state index is 14.2. The van der Waals surface area contributed by atoms with Crippen molar-refractivity contribution in [1.29, 1.82) is 0 Å². The van der Waals surface area contributed by atoms with Crippen LogP contribution in [0.1, 0.15) is 34.5 Å². The molecule has 0 aliphatic rings. The van der Waals surface area contributed by atoms with Crippen LogP contribution in [0.3, 0.4) is 0 Å². The molecule has 0 bridgehead atoms. The molecule has 7 nitrogen and oxygen atoms in total. The van der Waals surface area contributed by atoms with Crippen molar-refractivity contribution in [3.8, 4) is 11.3 Å². The van der Waals surface area contributed by atoms with E-state index < -0.39 is 11.8 Å². The van der Waals surface area contributed by atoms with Crippen LogP contribution >= 0.6 is 0 Å². The summed E-state index contributed by atoms with van der Waals surface area (Å²) in [5.74, 6) is -2.14. The van der Waals surface area contributed by atoms with Crippen LogP contribution in [0.5, 0.6) is 0 Å². The fraction of sp³-hybridized carbons (Fsp3) is 0.125. The number of hydrogen-bond donors (Lipinski definition) is 1. The topological polar surface area (TPSA) is 93.8 Å². The Labute approximate surface area is 182 Å². The van der Waals surface area contributed by atoms with Gasteiger partial charge in [0.1, 0.15) is 5.82 Å². The summed E-state index contributed by atoms with van der Waals surface area (Å²) in [5, 5.41) is 10.1. The number of aromatic nitrogens is 5. The molecular weight excluding hydrogens is 409 g/mol. The van der Waals surface area contributed by atoms with Crippen molar-refractivity contribution in [1.82, 2.24) is 24.5 Å². The van der Waals surface area contributed by atoms with Gasteiger partial charge < -0.3 is 9.67 Å². The van der Waals surface area contributed by atoms with Gasteiger partial charge in [-0.05, 0) is 55.3 Å². The molecule has 0 fully saturated rings. The van der Waals surface area contributed by atoms with Gasteiger partial charge in [0.2, 0.25) is 0 Å². The maximum Gasteiger partial charge on any atom is 0.338 e.